The van der Waals surface area contributed by atoms with Crippen LogP contribution in [0.1, 0.15) is 26.7 Å². The van der Waals surface area contributed by atoms with Gasteiger partial charge in [0, 0.05) is 6.04 Å². The van der Waals surface area contributed by atoms with Crippen molar-refractivity contribution >= 4 is 5.97 Å². The molecule has 1 saturated heterocycles. The van der Waals surface area contributed by atoms with E-state index in [1.54, 1.807) is 6.92 Å². The molecule has 0 aliphatic carbocycles. The lowest BCUT2D eigenvalue weighted by atomic mass is 10.2. The minimum absolute atomic E-state index is 0.129. The third-order valence-electron chi connectivity index (χ3n) is 2.76. The van der Waals surface area contributed by atoms with E-state index in [4.69, 9.17) is 9.84 Å². The molecule has 0 radical (unpaired) electrons. The molecule has 82 valence electrons. The molecule has 1 rings (SSSR count). The molecule has 2 unspecified atom stereocenters. The van der Waals surface area contributed by atoms with Crippen molar-refractivity contribution in [1.82, 2.24) is 4.90 Å². The van der Waals surface area contributed by atoms with Gasteiger partial charge in [0.25, 0.3) is 0 Å². The number of esters is 1. The van der Waals surface area contributed by atoms with Crippen LogP contribution in [0.25, 0.3) is 0 Å². The predicted molar refractivity (Wildman–Crippen MR) is 52.9 cm³/mol. The van der Waals surface area contributed by atoms with Gasteiger partial charge in [-0.05, 0) is 33.2 Å². The van der Waals surface area contributed by atoms with Crippen LogP contribution in [0, 0.1) is 0 Å². The Hall–Kier alpha value is -0.610. The lowest BCUT2D eigenvalue weighted by molar-refractivity contribution is -0.149. The average molecular weight is 201 g/mol. The number of nitrogens with zero attached hydrogens (tertiary/aromatic N) is 1. The summed E-state index contributed by atoms with van der Waals surface area (Å²) in [7, 11) is 0. The summed E-state index contributed by atoms with van der Waals surface area (Å²) in [6, 6.07) is -0.0935. The number of hydrogen-bond donors (Lipinski definition) is 1. The van der Waals surface area contributed by atoms with Crippen LogP contribution in [0.3, 0.4) is 0 Å². The largest absolute Gasteiger partial charge is 0.465 e. The fourth-order valence-corrected chi connectivity index (χ4v) is 1.96. The van der Waals surface area contributed by atoms with E-state index in [2.05, 4.69) is 0 Å². The summed E-state index contributed by atoms with van der Waals surface area (Å²) in [5.74, 6) is -0.187. The Balaban J connectivity index is 2.50. The van der Waals surface area contributed by atoms with E-state index in [0.29, 0.717) is 6.61 Å². The third-order valence-corrected chi connectivity index (χ3v) is 2.76. The standard InChI is InChI=1S/C10H19NO3/c1-3-14-10(13)8(2)11-6-4-5-9(11)7-12/h8-9,12H,3-7H2,1-2H3. The van der Waals surface area contributed by atoms with E-state index < -0.39 is 0 Å². The molecule has 2 atom stereocenters. The zero-order valence-electron chi connectivity index (χ0n) is 8.90. The zero-order valence-corrected chi connectivity index (χ0v) is 8.90. The molecule has 14 heavy (non-hydrogen) atoms. The molecular formula is C10H19NO3. The molecule has 0 bridgehead atoms. The Morgan fingerprint density at radius 1 is 1.71 bits per heavy atom. The number of ether oxygens (including phenoxy) is 1. The van der Waals surface area contributed by atoms with Crippen molar-refractivity contribution < 1.29 is 14.6 Å². The monoisotopic (exact) mass is 201 g/mol. The minimum Gasteiger partial charge on any atom is -0.465 e. The first-order valence-corrected chi connectivity index (χ1v) is 5.24. The van der Waals surface area contributed by atoms with Crippen molar-refractivity contribution in [2.75, 3.05) is 19.8 Å². The first-order chi connectivity index (χ1) is 6.70. The molecule has 0 amide bonds. The number of likely N-dealkylation sites (tertiary alicyclic amines) is 1. The first-order valence-electron chi connectivity index (χ1n) is 5.24. The van der Waals surface area contributed by atoms with Gasteiger partial charge in [-0.15, -0.1) is 0 Å². The molecule has 1 fully saturated rings. The molecule has 1 aliphatic heterocycles. The van der Waals surface area contributed by atoms with E-state index >= 15 is 0 Å². The Labute approximate surface area is 84.8 Å². The molecule has 1 N–H and O–H groups in total. The van der Waals surface area contributed by atoms with Crippen LogP contribution < -0.4 is 0 Å². The fraction of sp³-hybridized carbons (Fsp3) is 0.900. The second-order valence-electron chi connectivity index (χ2n) is 3.64. The van der Waals surface area contributed by atoms with Gasteiger partial charge in [-0.3, -0.25) is 9.69 Å². The Morgan fingerprint density at radius 2 is 2.43 bits per heavy atom. The number of carbonyl (C=O) groups excluding carboxylic acids is 1. The van der Waals surface area contributed by atoms with Gasteiger partial charge >= 0.3 is 5.97 Å². The molecule has 0 aromatic heterocycles. The van der Waals surface area contributed by atoms with E-state index in [-0.39, 0.29) is 24.7 Å². The highest BCUT2D eigenvalue weighted by Crippen LogP contribution is 2.19. The quantitative estimate of drug-likeness (QED) is 0.669. The van der Waals surface area contributed by atoms with Gasteiger partial charge in [0.15, 0.2) is 0 Å². The Kier molecular flexibility index (Phi) is 4.35. The molecule has 0 spiro atoms. The fourth-order valence-electron chi connectivity index (χ4n) is 1.96. The van der Waals surface area contributed by atoms with Crippen LogP contribution in [0.5, 0.6) is 0 Å². The summed E-state index contributed by atoms with van der Waals surface area (Å²) in [5, 5.41) is 9.10. The number of aliphatic hydroxyl groups is 1. The highest BCUT2D eigenvalue weighted by molar-refractivity contribution is 5.75. The van der Waals surface area contributed by atoms with Crippen molar-refractivity contribution in [3.63, 3.8) is 0 Å². The highest BCUT2D eigenvalue weighted by atomic mass is 16.5. The SMILES string of the molecule is CCOC(=O)C(C)N1CCCC1CO. The van der Waals surface area contributed by atoms with Gasteiger partial charge in [-0.25, -0.2) is 0 Å². The maximum absolute atomic E-state index is 11.4. The van der Waals surface area contributed by atoms with Crippen LogP contribution in [-0.2, 0) is 9.53 Å². The Morgan fingerprint density at radius 3 is 3.00 bits per heavy atom. The number of aliphatic hydroxyl groups excluding tert-OH is 1. The summed E-state index contributed by atoms with van der Waals surface area (Å²) >= 11 is 0. The smallest absolute Gasteiger partial charge is 0.323 e. The van der Waals surface area contributed by atoms with Crippen molar-refractivity contribution in [3.05, 3.63) is 0 Å². The molecule has 1 heterocycles. The molecule has 1 aliphatic rings. The second kappa shape index (κ2) is 5.32. The topological polar surface area (TPSA) is 49.8 Å². The van der Waals surface area contributed by atoms with Gasteiger partial charge in [0.1, 0.15) is 6.04 Å². The zero-order chi connectivity index (χ0) is 10.6. The van der Waals surface area contributed by atoms with Crippen molar-refractivity contribution in [1.29, 1.82) is 0 Å². The van der Waals surface area contributed by atoms with Gasteiger partial charge in [-0.1, -0.05) is 0 Å². The van der Waals surface area contributed by atoms with Crippen molar-refractivity contribution in [3.8, 4) is 0 Å². The summed E-state index contributed by atoms with van der Waals surface area (Å²) < 4.78 is 4.95. The molecular weight excluding hydrogens is 182 g/mol. The van der Waals surface area contributed by atoms with Crippen LogP contribution in [-0.4, -0.2) is 47.8 Å². The third kappa shape index (κ3) is 2.45. The maximum atomic E-state index is 11.4. The van der Waals surface area contributed by atoms with Crippen molar-refractivity contribution in [2.45, 2.75) is 38.8 Å². The second-order valence-corrected chi connectivity index (χ2v) is 3.64. The van der Waals surface area contributed by atoms with Crippen molar-refractivity contribution in [2.24, 2.45) is 0 Å². The van der Waals surface area contributed by atoms with Crippen LogP contribution in [0.15, 0.2) is 0 Å². The highest BCUT2D eigenvalue weighted by Gasteiger charge is 2.31. The number of hydrogen-bond acceptors (Lipinski definition) is 4. The van der Waals surface area contributed by atoms with E-state index in [9.17, 15) is 4.79 Å². The lowest BCUT2D eigenvalue weighted by Crippen LogP contribution is -2.44. The molecule has 0 aromatic carbocycles. The molecule has 0 aromatic rings. The number of carbonyl (C=O) groups is 1. The van der Waals surface area contributed by atoms with Crippen LogP contribution in [0.4, 0.5) is 0 Å². The average Bonchev–Trinajstić information content (AvgIpc) is 2.64. The van der Waals surface area contributed by atoms with E-state index in [0.717, 1.165) is 19.4 Å². The predicted octanol–water partition coefficient (Wildman–Crippen LogP) is 0.395. The van der Waals surface area contributed by atoms with E-state index in [1.807, 2.05) is 11.8 Å². The summed E-state index contributed by atoms with van der Waals surface area (Å²) in [6.07, 6.45) is 2.02. The molecule has 4 nitrogen and oxygen atoms in total. The minimum atomic E-state index is -0.227. The van der Waals surface area contributed by atoms with Crippen LogP contribution >= 0.6 is 0 Å². The Bertz CT molecular complexity index is 196. The van der Waals surface area contributed by atoms with Crippen LogP contribution in [0.2, 0.25) is 0 Å². The van der Waals surface area contributed by atoms with Gasteiger partial charge in [0.05, 0.1) is 13.2 Å². The van der Waals surface area contributed by atoms with Gasteiger partial charge in [-0.2, -0.15) is 0 Å². The van der Waals surface area contributed by atoms with Gasteiger partial charge < -0.3 is 9.84 Å². The van der Waals surface area contributed by atoms with E-state index in [1.165, 1.54) is 0 Å². The maximum Gasteiger partial charge on any atom is 0.323 e. The lowest BCUT2D eigenvalue weighted by Gasteiger charge is -2.27. The normalized spacial score (nSPS) is 24.9. The molecule has 0 saturated carbocycles. The summed E-state index contributed by atoms with van der Waals surface area (Å²) in [4.78, 5) is 13.5. The van der Waals surface area contributed by atoms with Gasteiger partial charge in [0.2, 0.25) is 0 Å². The number of rotatable bonds is 4. The molecule has 4 heteroatoms. The summed E-state index contributed by atoms with van der Waals surface area (Å²) in [6.45, 7) is 5.07. The summed E-state index contributed by atoms with van der Waals surface area (Å²) in [5.41, 5.74) is 0. The first kappa shape index (κ1) is 11.5.